The number of piperidine rings is 1. The van der Waals surface area contributed by atoms with Gasteiger partial charge < -0.3 is 15.7 Å². The highest BCUT2D eigenvalue weighted by atomic mass is 79.9. The van der Waals surface area contributed by atoms with E-state index in [9.17, 15) is 5.11 Å². The van der Waals surface area contributed by atoms with Gasteiger partial charge in [-0.3, -0.25) is 4.99 Å². The third-order valence-electron chi connectivity index (χ3n) is 7.84. The number of para-hydroxylation sites is 1. The lowest BCUT2D eigenvalue weighted by atomic mass is 9.73. The molecular formula is C26H29BrN6O. The number of halogens is 1. The second kappa shape index (κ2) is 8.20. The van der Waals surface area contributed by atoms with Gasteiger partial charge in [0.05, 0.1) is 28.7 Å². The smallest absolute Gasteiger partial charge is 0.161 e. The number of likely N-dealkylation sites (tertiary alicyclic amines) is 1. The molecular weight excluding hydrogens is 492 g/mol. The first-order valence-electron chi connectivity index (χ1n) is 12.0. The van der Waals surface area contributed by atoms with E-state index in [1.54, 1.807) is 4.52 Å². The SMILES string of the molecule is CC1(CO)CC=C1N1CCC(c2nc3c(C4C=Nc5ccccc5C4)cnn3c(N)c2Br)CC1. The number of nitrogen functional groups attached to an aromatic ring is 1. The first kappa shape index (κ1) is 21.8. The molecule has 1 aliphatic carbocycles. The van der Waals surface area contributed by atoms with Gasteiger partial charge >= 0.3 is 0 Å². The number of anilines is 1. The molecule has 3 aliphatic rings. The fourth-order valence-electron chi connectivity index (χ4n) is 5.61. The summed E-state index contributed by atoms with van der Waals surface area (Å²) in [7, 11) is 0. The van der Waals surface area contributed by atoms with Gasteiger partial charge in [0, 0.05) is 47.8 Å². The van der Waals surface area contributed by atoms with Gasteiger partial charge in [0.1, 0.15) is 5.82 Å². The highest BCUT2D eigenvalue weighted by molar-refractivity contribution is 9.10. The summed E-state index contributed by atoms with van der Waals surface area (Å²) in [5.74, 6) is 1.04. The molecule has 2 atom stereocenters. The molecule has 8 heteroatoms. The molecule has 34 heavy (non-hydrogen) atoms. The normalized spacial score (nSPS) is 24.7. The van der Waals surface area contributed by atoms with Crippen molar-refractivity contribution in [2.24, 2.45) is 10.4 Å². The molecule has 3 aromatic rings. The van der Waals surface area contributed by atoms with E-state index in [1.807, 2.05) is 18.5 Å². The van der Waals surface area contributed by atoms with Gasteiger partial charge in [0.15, 0.2) is 5.65 Å². The molecule has 6 rings (SSSR count). The van der Waals surface area contributed by atoms with Crippen molar-refractivity contribution in [1.29, 1.82) is 0 Å². The number of aliphatic hydroxyl groups is 1. The summed E-state index contributed by atoms with van der Waals surface area (Å²) in [6, 6.07) is 8.28. The molecule has 0 radical (unpaired) electrons. The Labute approximate surface area is 207 Å². The number of aliphatic hydroxyl groups excluding tert-OH is 1. The summed E-state index contributed by atoms with van der Waals surface area (Å²) in [6.07, 6.45) is 10.0. The lowest BCUT2D eigenvalue weighted by Crippen LogP contribution is -2.44. The lowest BCUT2D eigenvalue weighted by molar-refractivity contribution is 0.103. The number of nitrogens with zero attached hydrogens (tertiary/aromatic N) is 5. The third kappa shape index (κ3) is 3.38. The van der Waals surface area contributed by atoms with Crippen LogP contribution in [0.15, 0.2) is 51.7 Å². The van der Waals surface area contributed by atoms with Gasteiger partial charge in [0.2, 0.25) is 0 Å². The van der Waals surface area contributed by atoms with E-state index in [1.165, 1.54) is 11.3 Å². The molecule has 7 nitrogen and oxygen atoms in total. The van der Waals surface area contributed by atoms with Crippen LogP contribution in [-0.4, -0.2) is 50.5 Å². The molecule has 1 aromatic carbocycles. The van der Waals surface area contributed by atoms with Crippen LogP contribution in [0, 0.1) is 5.41 Å². The van der Waals surface area contributed by atoms with E-state index in [0.717, 1.165) is 65.8 Å². The van der Waals surface area contributed by atoms with Crippen LogP contribution < -0.4 is 5.73 Å². The summed E-state index contributed by atoms with van der Waals surface area (Å²) in [5, 5.41) is 14.4. The first-order valence-corrected chi connectivity index (χ1v) is 12.8. The minimum atomic E-state index is -0.0817. The van der Waals surface area contributed by atoms with Gasteiger partial charge in [-0.15, -0.1) is 0 Å². The highest BCUT2D eigenvalue weighted by Gasteiger charge is 2.39. The van der Waals surface area contributed by atoms with E-state index < -0.39 is 0 Å². The summed E-state index contributed by atoms with van der Waals surface area (Å²) < 4.78 is 2.59. The zero-order valence-corrected chi connectivity index (χ0v) is 20.9. The number of aromatic nitrogens is 3. The Morgan fingerprint density at radius 2 is 2.03 bits per heavy atom. The van der Waals surface area contributed by atoms with Crippen molar-refractivity contribution in [2.75, 3.05) is 25.4 Å². The monoisotopic (exact) mass is 520 g/mol. The Morgan fingerprint density at radius 1 is 1.24 bits per heavy atom. The maximum absolute atomic E-state index is 9.80. The van der Waals surface area contributed by atoms with Crippen LogP contribution in [0.3, 0.4) is 0 Å². The van der Waals surface area contributed by atoms with Crippen molar-refractivity contribution in [1.82, 2.24) is 19.5 Å². The van der Waals surface area contributed by atoms with E-state index in [4.69, 9.17) is 10.7 Å². The average Bonchev–Trinajstić information content (AvgIpc) is 3.29. The molecule has 4 heterocycles. The van der Waals surface area contributed by atoms with Gasteiger partial charge in [-0.25, -0.2) is 4.98 Å². The van der Waals surface area contributed by atoms with Crippen LogP contribution in [0.5, 0.6) is 0 Å². The van der Waals surface area contributed by atoms with Gasteiger partial charge in [0.25, 0.3) is 0 Å². The Bertz CT molecular complexity index is 1320. The second-order valence-electron chi connectivity index (χ2n) is 10.0. The average molecular weight is 521 g/mol. The van der Waals surface area contributed by atoms with Gasteiger partial charge in [-0.1, -0.05) is 31.2 Å². The number of fused-ring (bicyclic) bond motifs is 2. The topological polar surface area (TPSA) is 92.0 Å². The maximum atomic E-state index is 9.80. The van der Waals surface area contributed by atoms with Crippen LogP contribution >= 0.6 is 15.9 Å². The fourth-order valence-corrected chi connectivity index (χ4v) is 6.19. The molecule has 0 saturated carbocycles. The zero-order chi connectivity index (χ0) is 23.4. The van der Waals surface area contributed by atoms with E-state index in [0.29, 0.717) is 11.7 Å². The Balaban J connectivity index is 1.28. The van der Waals surface area contributed by atoms with Crippen molar-refractivity contribution in [2.45, 2.75) is 44.4 Å². The number of hydrogen-bond donors (Lipinski definition) is 2. The zero-order valence-electron chi connectivity index (χ0n) is 19.3. The number of rotatable bonds is 4. The molecule has 1 saturated heterocycles. The quantitative estimate of drug-likeness (QED) is 0.525. The maximum Gasteiger partial charge on any atom is 0.161 e. The number of allylic oxidation sites excluding steroid dienone is 1. The van der Waals surface area contributed by atoms with E-state index in [2.05, 4.69) is 62.1 Å². The minimum absolute atomic E-state index is 0.0817. The first-order chi connectivity index (χ1) is 16.5. The van der Waals surface area contributed by atoms with Gasteiger partial charge in [-0.2, -0.15) is 9.61 Å². The summed E-state index contributed by atoms with van der Waals surface area (Å²) >= 11 is 3.73. The molecule has 1 fully saturated rings. The van der Waals surface area contributed by atoms with Crippen molar-refractivity contribution < 1.29 is 5.11 Å². The number of nitrogens with two attached hydrogens (primary N) is 1. The predicted molar refractivity (Wildman–Crippen MR) is 138 cm³/mol. The summed E-state index contributed by atoms with van der Waals surface area (Å²) in [5.41, 5.74) is 12.9. The van der Waals surface area contributed by atoms with Crippen LogP contribution in [-0.2, 0) is 6.42 Å². The third-order valence-corrected chi connectivity index (χ3v) is 8.65. The van der Waals surface area contributed by atoms with Crippen molar-refractivity contribution in [3.8, 4) is 0 Å². The largest absolute Gasteiger partial charge is 0.395 e. The molecule has 3 N–H and O–H groups in total. The number of benzene rings is 1. The van der Waals surface area contributed by atoms with Crippen LogP contribution in [0.2, 0.25) is 0 Å². The predicted octanol–water partition coefficient (Wildman–Crippen LogP) is 4.58. The standard InChI is InChI=1S/C26H29BrN6O/c1-26(15-34)9-6-21(26)32-10-7-16(8-11-32)23-22(27)24(28)33-25(31-23)19(14-30-33)18-12-17-4-2-3-5-20(17)29-13-18/h2-6,13-14,16,18,34H,7-12,15,28H2,1H3. The van der Waals surface area contributed by atoms with Crippen molar-refractivity contribution in [3.63, 3.8) is 0 Å². The van der Waals surface area contributed by atoms with E-state index in [-0.39, 0.29) is 17.9 Å². The van der Waals surface area contributed by atoms with E-state index >= 15 is 0 Å². The Hall–Kier alpha value is -2.71. The lowest BCUT2D eigenvalue weighted by Gasteiger charge is -2.46. The van der Waals surface area contributed by atoms with Crippen LogP contribution in [0.4, 0.5) is 11.5 Å². The number of aliphatic imine (C=N–C) groups is 1. The molecule has 2 aliphatic heterocycles. The molecule has 2 unspecified atom stereocenters. The molecule has 2 aromatic heterocycles. The molecule has 176 valence electrons. The highest BCUT2D eigenvalue weighted by Crippen LogP contribution is 2.45. The molecule has 0 spiro atoms. The Morgan fingerprint density at radius 3 is 2.76 bits per heavy atom. The summed E-state index contributed by atoms with van der Waals surface area (Å²) in [6.45, 7) is 4.28. The van der Waals surface area contributed by atoms with Gasteiger partial charge in [-0.05, 0) is 53.2 Å². The Kier molecular flexibility index (Phi) is 5.26. The van der Waals surface area contributed by atoms with Crippen molar-refractivity contribution >= 4 is 39.3 Å². The summed E-state index contributed by atoms with van der Waals surface area (Å²) in [4.78, 5) is 12.3. The van der Waals surface area contributed by atoms with Crippen LogP contribution in [0.25, 0.3) is 5.65 Å². The number of hydrogen-bond acceptors (Lipinski definition) is 6. The minimum Gasteiger partial charge on any atom is -0.395 e. The van der Waals surface area contributed by atoms with Crippen LogP contribution in [0.1, 0.15) is 54.8 Å². The molecule has 0 amide bonds. The van der Waals surface area contributed by atoms with Crippen molar-refractivity contribution in [3.05, 3.63) is 63.5 Å². The second-order valence-corrected chi connectivity index (χ2v) is 10.8. The fraction of sp³-hybridized carbons (Fsp3) is 0.423. The molecule has 0 bridgehead atoms.